The third kappa shape index (κ3) is 3.17. The van der Waals surface area contributed by atoms with E-state index < -0.39 is 5.91 Å². The summed E-state index contributed by atoms with van der Waals surface area (Å²) < 4.78 is 0. The van der Waals surface area contributed by atoms with Crippen LogP contribution in [0.5, 0.6) is 5.75 Å². The molecule has 0 bridgehead atoms. The van der Waals surface area contributed by atoms with Gasteiger partial charge in [-0.25, -0.2) is 5.84 Å². The maximum Gasteiger partial charge on any atom is 0.252 e. The Morgan fingerprint density at radius 2 is 1.88 bits per heavy atom. The van der Waals surface area contributed by atoms with Crippen LogP contribution in [-0.2, 0) is 11.3 Å². The number of carbonyl (C=O) groups excluding carboxylic acids is 2. The number of hydrogen-bond acceptors (Lipinski definition) is 6. The summed E-state index contributed by atoms with van der Waals surface area (Å²) in [6.45, 7) is 0.550. The number of rotatable bonds is 6. The molecule has 0 spiro atoms. The molecule has 1 amide bonds. The fourth-order valence-electron chi connectivity index (χ4n) is 2.67. The maximum absolute atomic E-state index is 12.0. The van der Waals surface area contributed by atoms with E-state index in [0.717, 1.165) is 10.6 Å². The fraction of sp³-hybridized carbons (Fsp3) is 0.111. The summed E-state index contributed by atoms with van der Waals surface area (Å²) in [6.07, 6.45) is 0.242. The largest absolute Gasteiger partial charge is 0.505 e. The summed E-state index contributed by atoms with van der Waals surface area (Å²) in [6, 6.07) is 14.2. The number of ketones is 1. The number of nitrogens with zero attached hydrogens (tertiary/aromatic N) is 1. The summed E-state index contributed by atoms with van der Waals surface area (Å²) in [4.78, 5) is 23.4. The molecule has 3 rings (SSSR count). The summed E-state index contributed by atoms with van der Waals surface area (Å²) in [7, 11) is 0. The van der Waals surface area contributed by atoms with Crippen molar-refractivity contribution in [3.05, 3.63) is 71.1 Å². The molecule has 0 aromatic heterocycles. The Bertz CT molecular complexity index is 862. The van der Waals surface area contributed by atoms with Crippen molar-refractivity contribution in [2.45, 2.75) is 13.0 Å². The van der Waals surface area contributed by atoms with E-state index >= 15 is 0 Å². The number of aromatic hydroxyl groups is 1. The van der Waals surface area contributed by atoms with Gasteiger partial charge in [0.15, 0.2) is 11.5 Å². The number of carbonyl (C=O) groups is 2. The molecule has 1 aliphatic rings. The number of phenols is 1. The molecule has 6 N–H and O–H groups in total. The van der Waals surface area contributed by atoms with Crippen LogP contribution in [0, 0.1) is 0 Å². The lowest BCUT2D eigenvalue weighted by atomic mass is 9.97. The number of allylic oxidation sites excluding steroid dienone is 2. The molecule has 0 atom stereocenters. The monoisotopic (exact) mass is 338 g/mol. The van der Waals surface area contributed by atoms with E-state index in [1.54, 1.807) is 0 Å². The van der Waals surface area contributed by atoms with Crippen LogP contribution in [0.15, 0.2) is 59.9 Å². The van der Waals surface area contributed by atoms with E-state index in [1.807, 2.05) is 30.3 Å². The lowest BCUT2D eigenvalue weighted by molar-refractivity contribution is -0.116. The van der Waals surface area contributed by atoms with Crippen molar-refractivity contribution in [3.63, 3.8) is 0 Å². The number of nitrogens with two attached hydrogens (primary N) is 2. The van der Waals surface area contributed by atoms with Crippen LogP contribution in [0.4, 0.5) is 5.69 Å². The molecule has 128 valence electrons. The highest BCUT2D eigenvalue weighted by Gasteiger charge is 2.32. The molecule has 0 saturated heterocycles. The fourth-order valence-corrected chi connectivity index (χ4v) is 2.67. The Morgan fingerprint density at radius 1 is 1.16 bits per heavy atom. The van der Waals surface area contributed by atoms with E-state index in [2.05, 4.69) is 5.32 Å². The van der Waals surface area contributed by atoms with Crippen LogP contribution in [0.1, 0.15) is 22.3 Å². The van der Waals surface area contributed by atoms with Crippen molar-refractivity contribution in [1.82, 2.24) is 5.32 Å². The van der Waals surface area contributed by atoms with E-state index in [1.165, 1.54) is 18.2 Å². The number of para-hydroxylation sites is 1. The van der Waals surface area contributed by atoms with Crippen molar-refractivity contribution < 1.29 is 14.7 Å². The number of amides is 1. The lowest BCUT2D eigenvalue weighted by Crippen LogP contribution is -2.43. The molecule has 25 heavy (non-hydrogen) atoms. The Hall–Kier alpha value is -3.32. The predicted molar refractivity (Wildman–Crippen MR) is 93.2 cm³/mol. The minimum Gasteiger partial charge on any atom is -0.505 e. The van der Waals surface area contributed by atoms with Crippen LogP contribution in [0.2, 0.25) is 0 Å². The zero-order chi connectivity index (χ0) is 18.0. The SMILES string of the molecule is NC(=O)c1cccc(N(N)C2=C(NCc3ccccc3)CC2=O)c1O. The van der Waals surface area contributed by atoms with Gasteiger partial charge in [0, 0.05) is 12.2 Å². The molecule has 1 aliphatic carbocycles. The second-order valence-corrected chi connectivity index (χ2v) is 5.67. The van der Waals surface area contributed by atoms with Crippen molar-refractivity contribution in [1.29, 1.82) is 0 Å². The first-order valence-electron chi connectivity index (χ1n) is 7.69. The molecule has 0 radical (unpaired) electrons. The molecule has 0 saturated carbocycles. The van der Waals surface area contributed by atoms with Crippen molar-refractivity contribution in [2.75, 3.05) is 5.01 Å². The van der Waals surface area contributed by atoms with Gasteiger partial charge in [-0.15, -0.1) is 0 Å². The zero-order valence-electron chi connectivity index (χ0n) is 13.4. The average Bonchev–Trinajstić information content (AvgIpc) is 2.59. The van der Waals surface area contributed by atoms with Gasteiger partial charge in [0.25, 0.3) is 5.91 Å². The number of hydrogen-bond donors (Lipinski definition) is 4. The maximum atomic E-state index is 12.0. The quantitative estimate of drug-likeness (QED) is 0.463. The number of anilines is 1. The van der Waals surface area contributed by atoms with Crippen LogP contribution < -0.4 is 21.9 Å². The smallest absolute Gasteiger partial charge is 0.252 e. The molecule has 0 unspecified atom stereocenters. The molecule has 2 aromatic rings. The summed E-state index contributed by atoms with van der Waals surface area (Å²) in [5, 5.41) is 14.5. The highest BCUT2D eigenvalue weighted by atomic mass is 16.3. The Morgan fingerprint density at radius 3 is 2.52 bits per heavy atom. The van der Waals surface area contributed by atoms with Gasteiger partial charge < -0.3 is 16.2 Å². The van der Waals surface area contributed by atoms with Gasteiger partial charge in [0.1, 0.15) is 11.4 Å². The van der Waals surface area contributed by atoms with Gasteiger partial charge in [-0.3, -0.25) is 14.6 Å². The topological polar surface area (TPSA) is 122 Å². The second-order valence-electron chi connectivity index (χ2n) is 5.67. The number of Topliss-reactive ketones (excluding diaryl/α,β-unsaturated/α-hetero) is 1. The van der Waals surface area contributed by atoms with Crippen LogP contribution in [-0.4, -0.2) is 16.8 Å². The Kier molecular flexibility index (Phi) is 4.40. The predicted octanol–water partition coefficient (Wildman–Crippen LogP) is 1.15. The molecule has 7 nitrogen and oxygen atoms in total. The molecule has 0 aliphatic heterocycles. The minimum atomic E-state index is -0.774. The highest BCUT2D eigenvalue weighted by Crippen LogP contribution is 2.35. The Balaban J connectivity index is 1.85. The van der Waals surface area contributed by atoms with Gasteiger partial charge in [0.2, 0.25) is 0 Å². The first kappa shape index (κ1) is 16.5. The molecular formula is C18H18N4O3. The van der Waals surface area contributed by atoms with E-state index in [0.29, 0.717) is 12.2 Å². The molecule has 0 heterocycles. The molecule has 2 aromatic carbocycles. The second kappa shape index (κ2) is 6.66. The average molecular weight is 338 g/mol. The third-order valence-corrected chi connectivity index (χ3v) is 4.02. The van der Waals surface area contributed by atoms with E-state index in [-0.39, 0.29) is 34.9 Å². The van der Waals surface area contributed by atoms with Gasteiger partial charge in [-0.2, -0.15) is 0 Å². The van der Waals surface area contributed by atoms with Crippen molar-refractivity contribution >= 4 is 17.4 Å². The van der Waals surface area contributed by atoms with E-state index in [4.69, 9.17) is 11.6 Å². The lowest BCUT2D eigenvalue weighted by Gasteiger charge is -2.31. The van der Waals surface area contributed by atoms with E-state index in [9.17, 15) is 14.7 Å². The van der Waals surface area contributed by atoms with Crippen molar-refractivity contribution in [2.24, 2.45) is 11.6 Å². The first-order chi connectivity index (χ1) is 12.0. The minimum absolute atomic E-state index is 0.0564. The number of primary amides is 1. The van der Waals surface area contributed by atoms with Crippen LogP contribution in [0.3, 0.4) is 0 Å². The third-order valence-electron chi connectivity index (χ3n) is 4.02. The van der Waals surface area contributed by atoms with Gasteiger partial charge in [-0.05, 0) is 17.7 Å². The molecule has 7 heteroatoms. The number of hydrazine groups is 1. The summed E-state index contributed by atoms with van der Waals surface area (Å²) in [5.74, 6) is 4.74. The van der Waals surface area contributed by atoms with Gasteiger partial charge in [-0.1, -0.05) is 36.4 Å². The normalized spacial score (nSPS) is 13.4. The first-order valence-corrected chi connectivity index (χ1v) is 7.69. The summed E-state index contributed by atoms with van der Waals surface area (Å²) >= 11 is 0. The molecular weight excluding hydrogens is 320 g/mol. The van der Waals surface area contributed by atoms with Gasteiger partial charge in [0.05, 0.1) is 12.0 Å². The van der Waals surface area contributed by atoms with Gasteiger partial charge >= 0.3 is 0 Å². The highest BCUT2D eigenvalue weighted by molar-refractivity contribution is 6.07. The molecule has 0 fully saturated rings. The number of nitrogens with one attached hydrogen (secondary N) is 1. The van der Waals surface area contributed by atoms with Crippen LogP contribution >= 0.6 is 0 Å². The number of benzene rings is 2. The summed E-state index contributed by atoms with van der Waals surface area (Å²) in [5.41, 5.74) is 7.31. The Labute approximate surface area is 144 Å². The van der Waals surface area contributed by atoms with Crippen molar-refractivity contribution in [3.8, 4) is 5.75 Å². The standard InChI is InChI=1S/C18H18N4O3/c19-18(25)12-7-4-8-14(17(12)24)22(20)16-13(9-15(16)23)21-10-11-5-2-1-3-6-11/h1-8,21,24H,9-10,20H2,(H2,19,25). The zero-order valence-corrected chi connectivity index (χ0v) is 13.4. The van der Waals surface area contributed by atoms with Crippen LogP contribution in [0.25, 0.3) is 0 Å².